The third kappa shape index (κ3) is 3.86. The average Bonchev–Trinajstić information content (AvgIpc) is 2.38. The molecule has 3 unspecified atom stereocenters. The molecule has 1 aromatic carbocycles. The molecule has 2 N–H and O–H groups in total. The van der Waals surface area contributed by atoms with Crippen molar-refractivity contribution in [1.82, 2.24) is 5.32 Å². The third-order valence-corrected chi connectivity index (χ3v) is 5.00. The summed E-state index contributed by atoms with van der Waals surface area (Å²) in [6.45, 7) is 2.02. The van der Waals surface area contributed by atoms with Gasteiger partial charge in [-0.1, -0.05) is 12.5 Å². The molecule has 4 heteroatoms. The van der Waals surface area contributed by atoms with Crippen LogP contribution in [0.25, 0.3) is 0 Å². The van der Waals surface area contributed by atoms with E-state index in [2.05, 4.69) is 11.6 Å². The molecule has 0 aromatic heterocycles. The molecule has 0 amide bonds. The number of hydrogen-bond acceptors (Lipinski definition) is 3. The van der Waals surface area contributed by atoms with E-state index >= 15 is 0 Å². The van der Waals surface area contributed by atoms with Crippen LogP contribution in [0.1, 0.15) is 44.2 Å². The highest BCUT2D eigenvalue weighted by atomic mass is 32.2. The van der Waals surface area contributed by atoms with Crippen LogP contribution in [0.15, 0.2) is 18.2 Å². The van der Waals surface area contributed by atoms with Crippen molar-refractivity contribution in [2.45, 2.75) is 49.9 Å². The number of benzene rings is 1. The minimum Gasteiger partial charge on any atom is -0.508 e. The van der Waals surface area contributed by atoms with Crippen molar-refractivity contribution in [3.63, 3.8) is 0 Å². The first-order valence-electron chi connectivity index (χ1n) is 6.87. The Hall–Kier alpha value is -0.740. The van der Waals surface area contributed by atoms with Gasteiger partial charge in [0.25, 0.3) is 0 Å². The second-order valence-corrected chi connectivity index (χ2v) is 6.45. The first-order chi connectivity index (χ1) is 9.10. The van der Waals surface area contributed by atoms with Crippen molar-refractivity contribution >= 4 is 11.8 Å². The molecule has 1 saturated carbocycles. The molecule has 0 radical (unpaired) electrons. The molecule has 2 nitrogen and oxygen atoms in total. The average molecular weight is 283 g/mol. The van der Waals surface area contributed by atoms with Gasteiger partial charge in [-0.2, -0.15) is 11.8 Å². The van der Waals surface area contributed by atoms with Crippen LogP contribution in [-0.2, 0) is 0 Å². The Bertz CT molecular complexity index is 427. The highest BCUT2D eigenvalue weighted by Crippen LogP contribution is 2.30. The molecule has 3 atom stereocenters. The van der Waals surface area contributed by atoms with Crippen molar-refractivity contribution < 1.29 is 9.50 Å². The van der Waals surface area contributed by atoms with Crippen molar-refractivity contribution in [2.75, 3.05) is 6.26 Å². The van der Waals surface area contributed by atoms with Gasteiger partial charge >= 0.3 is 0 Å². The van der Waals surface area contributed by atoms with Crippen LogP contribution >= 0.6 is 11.8 Å². The number of rotatable bonds is 4. The van der Waals surface area contributed by atoms with E-state index in [9.17, 15) is 9.50 Å². The van der Waals surface area contributed by atoms with E-state index < -0.39 is 5.82 Å². The first kappa shape index (κ1) is 14.7. The summed E-state index contributed by atoms with van der Waals surface area (Å²) in [7, 11) is 0. The summed E-state index contributed by atoms with van der Waals surface area (Å²) in [5.41, 5.74) is 0.771. The Kier molecular flexibility index (Phi) is 5.11. The second-order valence-electron chi connectivity index (χ2n) is 5.31. The lowest BCUT2D eigenvalue weighted by molar-refractivity contribution is 0.347. The summed E-state index contributed by atoms with van der Waals surface area (Å²) in [6.07, 6.45) is 7.08. The maximum absolute atomic E-state index is 13.0. The highest BCUT2D eigenvalue weighted by Gasteiger charge is 2.23. The smallest absolute Gasteiger partial charge is 0.126 e. The number of hydrogen-bond donors (Lipinski definition) is 2. The standard InChI is InChI=1S/C15H22FNOS/c1-10(14-7-6-11(16)8-15(14)18)17-12-4-3-5-13(9-12)19-2/h6-8,10,12-13,17-18H,3-5,9H2,1-2H3. The van der Waals surface area contributed by atoms with Gasteiger partial charge in [0.2, 0.25) is 0 Å². The monoisotopic (exact) mass is 283 g/mol. The number of phenols is 1. The Balaban J connectivity index is 1.98. The fourth-order valence-corrected chi connectivity index (χ4v) is 3.66. The van der Waals surface area contributed by atoms with Gasteiger partial charge in [-0.15, -0.1) is 0 Å². The molecule has 0 bridgehead atoms. The zero-order valence-corrected chi connectivity index (χ0v) is 12.3. The van der Waals surface area contributed by atoms with Gasteiger partial charge in [-0.25, -0.2) is 4.39 Å². The lowest BCUT2D eigenvalue weighted by atomic mass is 9.93. The van der Waals surface area contributed by atoms with Gasteiger partial charge in [0, 0.05) is 29.0 Å². The maximum atomic E-state index is 13.0. The van der Waals surface area contributed by atoms with E-state index in [1.54, 1.807) is 6.07 Å². The number of nitrogens with one attached hydrogen (secondary N) is 1. The third-order valence-electron chi connectivity index (χ3n) is 3.90. The van der Waals surface area contributed by atoms with Gasteiger partial charge < -0.3 is 10.4 Å². The van der Waals surface area contributed by atoms with Crippen LogP contribution < -0.4 is 5.32 Å². The molecular formula is C15H22FNOS. The van der Waals surface area contributed by atoms with Gasteiger partial charge in [0.05, 0.1) is 0 Å². The van der Waals surface area contributed by atoms with E-state index in [4.69, 9.17) is 0 Å². The molecule has 1 aliphatic rings. The molecule has 1 fully saturated rings. The predicted molar refractivity (Wildman–Crippen MR) is 79.2 cm³/mol. The predicted octanol–water partition coefficient (Wildman–Crippen LogP) is 3.86. The maximum Gasteiger partial charge on any atom is 0.126 e. The zero-order valence-electron chi connectivity index (χ0n) is 11.5. The summed E-state index contributed by atoms with van der Waals surface area (Å²) in [6, 6.07) is 4.78. The summed E-state index contributed by atoms with van der Waals surface area (Å²) in [5, 5.41) is 14.1. The number of thioether (sulfide) groups is 1. The van der Waals surface area contributed by atoms with E-state index in [-0.39, 0.29) is 11.8 Å². The SMILES string of the molecule is CSC1CCCC(NC(C)c2ccc(F)cc2O)C1. The Labute approximate surface area is 118 Å². The van der Waals surface area contributed by atoms with Gasteiger partial charge in [0.1, 0.15) is 11.6 Å². The minimum atomic E-state index is -0.395. The number of phenolic OH excluding ortho intramolecular Hbond substituents is 1. The lowest BCUT2D eigenvalue weighted by Crippen LogP contribution is -2.36. The molecule has 19 heavy (non-hydrogen) atoms. The molecule has 106 valence electrons. The Morgan fingerprint density at radius 1 is 1.42 bits per heavy atom. The molecule has 0 saturated heterocycles. The minimum absolute atomic E-state index is 0.0391. The molecular weight excluding hydrogens is 261 g/mol. The van der Waals surface area contributed by atoms with Crippen LogP contribution in [-0.4, -0.2) is 22.7 Å². The van der Waals surface area contributed by atoms with Gasteiger partial charge in [0.15, 0.2) is 0 Å². The molecule has 0 spiro atoms. The molecule has 1 aliphatic carbocycles. The highest BCUT2D eigenvalue weighted by molar-refractivity contribution is 7.99. The number of halogens is 1. The topological polar surface area (TPSA) is 32.3 Å². The summed E-state index contributed by atoms with van der Waals surface area (Å²) in [4.78, 5) is 0. The molecule has 0 heterocycles. The van der Waals surface area contributed by atoms with Crippen molar-refractivity contribution in [3.8, 4) is 5.75 Å². The van der Waals surface area contributed by atoms with E-state index in [1.807, 2.05) is 18.7 Å². The Morgan fingerprint density at radius 2 is 2.21 bits per heavy atom. The van der Waals surface area contributed by atoms with Crippen LogP contribution in [0.5, 0.6) is 5.75 Å². The largest absolute Gasteiger partial charge is 0.508 e. The van der Waals surface area contributed by atoms with E-state index in [0.29, 0.717) is 6.04 Å². The van der Waals surface area contributed by atoms with E-state index in [1.165, 1.54) is 37.8 Å². The van der Waals surface area contributed by atoms with E-state index in [0.717, 1.165) is 10.8 Å². The van der Waals surface area contributed by atoms with Crippen LogP contribution in [0.3, 0.4) is 0 Å². The Morgan fingerprint density at radius 3 is 2.89 bits per heavy atom. The summed E-state index contributed by atoms with van der Waals surface area (Å²) >= 11 is 1.94. The van der Waals surface area contributed by atoms with Gasteiger partial charge in [-0.3, -0.25) is 0 Å². The van der Waals surface area contributed by atoms with Crippen LogP contribution in [0.2, 0.25) is 0 Å². The second kappa shape index (κ2) is 6.62. The molecule has 1 aromatic rings. The normalized spacial score (nSPS) is 25.2. The number of aromatic hydroxyl groups is 1. The fraction of sp³-hybridized carbons (Fsp3) is 0.600. The molecule has 2 rings (SSSR count). The van der Waals surface area contributed by atoms with Crippen molar-refractivity contribution in [3.05, 3.63) is 29.6 Å². The van der Waals surface area contributed by atoms with Crippen molar-refractivity contribution in [1.29, 1.82) is 0 Å². The summed E-state index contributed by atoms with van der Waals surface area (Å²) in [5.74, 6) is -0.356. The van der Waals surface area contributed by atoms with Crippen molar-refractivity contribution in [2.24, 2.45) is 0 Å². The van der Waals surface area contributed by atoms with Gasteiger partial charge in [-0.05, 0) is 38.5 Å². The first-order valence-corrected chi connectivity index (χ1v) is 8.16. The summed E-state index contributed by atoms with van der Waals surface area (Å²) < 4.78 is 13.0. The zero-order chi connectivity index (χ0) is 13.8. The fourth-order valence-electron chi connectivity index (χ4n) is 2.84. The lowest BCUT2D eigenvalue weighted by Gasteiger charge is -2.31. The quantitative estimate of drug-likeness (QED) is 0.880. The van der Waals surface area contributed by atoms with Crippen LogP contribution in [0, 0.1) is 5.82 Å². The van der Waals surface area contributed by atoms with Crippen LogP contribution in [0.4, 0.5) is 4.39 Å². The molecule has 0 aliphatic heterocycles.